The fraction of sp³-hybridized carbons (Fsp3) is 0.750. The van der Waals surface area contributed by atoms with E-state index in [0.717, 1.165) is 32.4 Å². The first-order valence-corrected chi connectivity index (χ1v) is 6.04. The molecule has 4 nitrogen and oxygen atoms in total. The van der Waals surface area contributed by atoms with Gasteiger partial charge in [0, 0.05) is 25.7 Å². The second-order valence-electron chi connectivity index (χ2n) is 4.84. The van der Waals surface area contributed by atoms with Crippen molar-refractivity contribution in [1.29, 1.82) is 0 Å². The van der Waals surface area contributed by atoms with Crippen LogP contribution in [0.15, 0.2) is 12.2 Å². The van der Waals surface area contributed by atoms with Gasteiger partial charge in [-0.2, -0.15) is 0 Å². The Morgan fingerprint density at radius 2 is 2.31 bits per heavy atom. The van der Waals surface area contributed by atoms with E-state index < -0.39 is 0 Å². The number of aliphatic hydroxyl groups excluding tert-OH is 1. The molecule has 3 unspecified atom stereocenters. The van der Waals surface area contributed by atoms with E-state index >= 15 is 0 Å². The van der Waals surface area contributed by atoms with E-state index in [1.807, 2.05) is 17.1 Å². The standard InChI is InChI=1S/C12H20N2O2/c13-11-2-1-10(7-11)12(16)14-5-3-9(8-14)4-6-15/h1-2,9-11,15H,3-8,13H2. The van der Waals surface area contributed by atoms with Crippen molar-refractivity contribution >= 4 is 5.91 Å². The van der Waals surface area contributed by atoms with Crippen LogP contribution in [0.4, 0.5) is 0 Å². The van der Waals surface area contributed by atoms with Crippen LogP contribution in [0.3, 0.4) is 0 Å². The molecule has 0 aromatic heterocycles. The second kappa shape index (κ2) is 4.97. The van der Waals surface area contributed by atoms with Gasteiger partial charge in [0.15, 0.2) is 0 Å². The molecule has 4 heteroatoms. The Kier molecular flexibility index (Phi) is 3.61. The Bertz CT molecular complexity index is 291. The smallest absolute Gasteiger partial charge is 0.229 e. The lowest BCUT2D eigenvalue weighted by Gasteiger charge is -2.20. The highest BCUT2D eigenvalue weighted by atomic mass is 16.3. The third-order valence-electron chi connectivity index (χ3n) is 3.57. The second-order valence-corrected chi connectivity index (χ2v) is 4.84. The summed E-state index contributed by atoms with van der Waals surface area (Å²) in [5.41, 5.74) is 5.75. The molecular weight excluding hydrogens is 204 g/mol. The molecule has 90 valence electrons. The van der Waals surface area contributed by atoms with Crippen LogP contribution < -0.4 is 5.73 Å². The minimum Gasteiger partial charge on any atom is -0.396 e. The molecule has 1 saturated heterocycles. The quantitative estimate of drug-likeness (QED) is 0.669. The van der Waals surface area contributed by atoms with Crippen molar-refractivity contribution in [3.05, 3.63) is 12.2 Å². The van der Waals surface area contributed by atoms with Crippen molar-refractivity contribution in [3.63, 3.8) is 0 Å². The Morgan fingerprint density at radius 3 is 2.94 bits per heavy atom. The van der Waals surface area contributed by atoms with Crippen molar-refractivity contribution in [1.82, 2.24) is 4.90 Å². The summed E-state index contributed by atoms with van der Waals surface area (Å²) in [5, 5.41) is 8.87. The van der Waals surface area contributed by atoms with E-state index in [9.17, 15) is 4.79 Å². The van der Waals surface area contributed by atoms with Crippen molar-refractivity contribution in [2.24, 2.45) is 17.6 Å². The van der Waals surface area contributed by atoms with Crippen LogP contribution in [-0.4, -0.2) is 41.7 Å². The molecule has 16 heavy (non-hydrogen) atoms. The Balaban J connectivity index is 1.85. The predicted molar refractivity (Wildman–Crippen MR) is 61.6 cm³/mol. The van der Waals surface area contributed by atoms with Gasteiger partial charge in [-0.05, 0) is 25.2 Å². The minimum absolute atomic E-state index is 0.0112. The van der Waals surface area contributed by atoms with Crippen LogP contribution in [0.1, 0.15) is 19.3 Å². The number of rotatable bonds is 3. The van der Waals surface area contributed by atoms with Gasteiger partial charge < -0.3 is 15.7 Å². The Morgan fingerprint density at radius 1 is 1.50 bits per heavy atom. The van der Waals surface area contributed by atoms with Crippen molar-refractivity contribution in [2.75, 3.05) is 19.7 Å². The first kappa shape index (κ1) is 11.6. The highest BCUT2D eigenvalue weighted by Gasteiger charge is 2.31. The molecule has 0 radical (unpaired) electrons. The number of carbonyl (C=O) groups excluding carboxylic acids is 1. The molecular formula is C12H20N2O2. The van der Waals surface area contributed by atoms with Crippen molar-refractivity contribution < 1.29 is 9.90 Å². The Hall–Kier alpha value is -0.870. The fourth-order valence-corrected chi connectivity index (χ4v) is 2.60. The molecule has 1 aliphatic heterocycles. The summed E-state index contributed by atoms with van der Waals surface area (Å²) >= 11 is 0. The average molecular weight is 224 g/mol. The topological polar surface area (TPSA) is 66.6 Å². The lowest BCUT2D eigenvalue weighted by atomic mass is 10.1. The molecule has 2 aliphatic rings. The van der Waals surface area contributed by atoms with Crippen LogP contribution >= 0.6 is 0 Å². The first-order valence-electron chi connectivity index (χ1n) is 6.04. The summed E-state index contributed by atoms with van der Waals surface area (Å²) < 4.78 is 0. The van der Waals surface area contributed by atoms with Crippen LogP contribution in [0, 0.1) is 11.8 Å². The first-order chi connectivity index (χ1) is 7.70. The van der Waals surface area contributed by atoms with E-state index in [-0.39, 0.29) is 24.5 Å². The molecule has 1 amide bonds. The van der Waals surface area contributed by atoms with E-state index in [1.165, 1.54) is 0 Å². The molecule has 3 N–H and O–H groups in total. The number of likely N-dealkylation sites (tertiary alicyclic amines) is 1. The van der Waals surface area contributed by atoms with Gasteiger partial charge in [0.1, 0.15) is 0 Å². The summed E-state index contributed by atoms with van der Waals surface area (Å²) in [6.07, 6.45) is 6.44. The maximum absolute atomic E-state index is 12.1. The van der Waals surface area contributed by atoms with Crippen molar-refractivity contribution in [2.45, 2.75) is 25.3 Å². The van der Waals surface area contributed by atoms with Gasteiger partial charge in [0.25, 0.3) is 0 Å². The van der Waals surface area contributed by atoms with Gasteiger partial charge in [0.05, 0.1) is 5.92 Å². The SMILES string of the molecule is NC1C=CC(C(=O)N2CCC(CCO)C2)C1. The van der Waals surface area contributed by atoms with Gasteiger partial charge >= 0.3 is 0 Å². The maximum atomic E-state index is 12.1. The predicted octanol–water partition coefficient (Wildman–Crippen LogP) is 0.121. The fourth-order valence-electron chi connectivity index (χ4n) is 2.60. The zero-order valence-corrected chi connectivity index (χ0v) is 9.51. The maximum Gasteiger partial charge on any atom is 0.229 e. The lowest BCUT2D eigenvalue weighted by Crippen LogP contribution is -2.34. The van der Waals surface area contributed by atoms with Gasteiger partial charge in [0.2, 0.25) is 5.91 Å². The number of hydrogen-bond acceptors (Lipinski definition) is 3. The molecule has 2 rings (SSSR count). The largest absolute Gasteiger partial charge is 0.396 e. The number of nitrogens with two attached hydrogens (primary N) is 1. The van der Waals surface area contributed by atoms with Gasteiger partial charge in [-0.3, -0.25) is 4.79 Å². The molecule has 1 fully saturated rings. The molecule has 3 atom stereocenters. The van der Waals surface area contributed by atoms with Crippen LogP contribution in [0.2, 0.25) is 0 Å². The normalized spacial score (nSPS) is 33.6. The van der Waals surface area contributed by atoms with E-state index in [4.69, 9.17) is 10.8 Å². The molecule has 0 saturated carbocycles. The molecule has 0 spiro atoms. The van der Waals surface area contributed by atoms with Crippen LogP contribution in [0.5, 0.6) is 0 Å². The molecule has 0 bridgehead atoms. The number of amides is 1. The average Bonchev–Trinajstić information content (AvgIpc) is 2.87. The molecule has 1 aliphatic carbocycles. The monoisotopic (exact) mass is 224 g/mol. The highest BCUT2D eigenvalue weighted by molar-refractivity contribution is 5.81. The van der Waals surface area contributed by atoms with E-state index in [1.54, 1.807) is 0 Å². The summed E-state index contributed by atoms with van der Waals surface area (Å²) in [6.45, 7) is 1.86. The van der Waals surface area contributed by atoms with Gasteiger partial charge in [-0.15, -0.1) is 0 Å². The van der Waals surface area contributed by atoms with Crippen LogP contribution in [-0.2, 0) is 4.79 Å². The summed E-state index contributed by atoms with van der Waals surface area (Å²) in [4.78, 5) is 14.0. The lowest BCUT2D eigenvalue weighted by molar-refractivity contribution is -0.133. The summed E-state index contributed by atoms with van der Waals surface area (Å²) in [7, 11) is 0. The Labute approximate surface area is 96.1 Å². The van der Waals surface area contributed by atoms with Gasteiger partial charge in [-0.1, -0.05) is 12.2 Å². The van der Waals surface area contributed by atoms with Crippen molar-refractivity contribution in [3.8, 4) is 0 Å². The zero-order chi connectivity index (χ0) is 11.5. The van der Waals surface area contributed by atoms with Crippen LogP contribution in [0.25, 0.3) is 0 Å². The third-order valence-corrected chi connectivity index (χ3v) is 3.57. The van der Waals surface area contributed by atoms with E-state index in [0.29, 0.717) is 5.92 Å². The molecule has 0 aromatic rings. The molecule has 0 aromatic carbocycles. The zero-order valence-electron chi connectivity index (χ0n) is 9.51. The number of nitrogens with zero attached hydrogens (tertiary/aromatic N) is 1. The third kappa shape index (κ3) is 2.44. The minimum atomic E-state index is -0.0112. The van der Waals surface area contributed by atoms with Gasteiger partial charge in [-0.25, -0.2) is 0 Å². The molecule has 1 heterocycles. The number of aliphatic hydroxyl groups is 1. The number of carbonyl (C=O) groups is 1. The number of hydrogen-bond donors (Lipinski definition) is 2. The summed E-state index contributed by atoms with van der Waals surface area (Å²) in [5.74, 6) is 0.681. The van der Waals surface area contributed by atoms with E-state index in [2.05, 4.69) is 0 Å². The highest BCUT2D eigenvalue weighted by Crippen LogP contribution is 2.24. The summed E-state index contributed by atoms with van der Waals surface area (Å²) in [6, 6.07) is 0.0461.